The lowest BCUT2D eigenvalue weighted by molar-refractivity contribution is -0.382. The molecule has 2 aliphatic heterocycles. The molecule has 6 rings (SSSR count). The Balaban J connectivity index is 1.38. The van der Waals surface area contributed by atoms with E-state index >= 15 is 0 Å². The van der Waals surface area contributed by atoms with Gasteiger partial charge in [-0.3, -0.25) is 0 Å². The Morgan fingerprint density at radius 3 is 2.13 bits per heavy atom. The monoisotopic (exact) mass is 784 g/mol. The molecule has 4 aliphatic carbocycles. The second-order valence-corrected chi connectivity index (χ2v) is 20.3. The van der Waals surface area contributed by atoms with Crippen LogP contribution in [0.2, 0.25) is 0 Å². The number of aliphatic hydroxyl groups is 9. The van der Waals surface area contributed by atoms with E-state index < -0.39 is 114 Å². The molecule has 0 bridgehead atoms. The predicted octanol–water partition coefficient (Wildman–Crippen LogP) is 2.15. The van der Waals surface area contributed by atoms with Crippen LogP contribution in [-0.4, -0.2) is 138 Å². The summed E-state index contributed by atoms with van der Waals surface area (Å²) in [6.07, 6.45) is -8.99. The minimum Gasteiger partial charge on any atom is -0.394 e. The molecule has 21 atom stereocenters. The Morgan fingerprint density at radius 1 is 0.818 bits per heavy atom. The zero-order valence-electron chi connectivity index (χ0n) is 34.4. The van der Waals surface area contributed by atoms with E-state index in [1.54, 1.807) is 0 Å². The number of aliphatic hydroxyl groups excluding tert-OH is 8. The zero-order chi connectivity index (χ0) is 40.8. The summed E-state index contributed by atoms with van der Waals surface area (Å²) < 4.78 is 25.1. The summed E-state index contributed by atoms with van der Waals surface area (Å²) in [5, 5.41) is 100. The molecule has 0 radical (unpaired) electrons. The normalized spacial score (nSPS) is 53.4. The lowest BCUT2D eigenvalue weighted by atomic mass is 9.34. The van der Waals surface area contributed by atoms with Crippen LogP contribution in [-0.2, 0) is 18.9 Å². The number of ether oxygens (including phenoxy) is 4. The molecule has 0 spiro atoms. The Bertz CT molecular complexity index is 1390. The first kappa shape index (κ1) is 43.8. The topological polar surface area (TPSA) is 219 Å². The van der Waals surface area contributed by atoms with Gasteiger partial charge < -0.3 is 64.9 Å². The molecule has 4 saturated carbocycles. The highest BCUT2D eigenvalue weighted by molar-refractivity contribution is 5.22. The molecule has 0 unspecified atom stereocenters. The molecular formula is C42H72O13. The van der Waals surface area contributed by atoms with Crippen LogP contribution < -0.4 is 0 Å². The van der Waals surface area contributed by atoms with Gasteiger partial charge in [-0.05, 0) is 124 Å². The largest absolute Gasteiger partial charge is 0.394 e. The fourth-order valence-corrected chi connectivity index (χ4v) is 13.3. The van der Waals surface area contributed by atoms with Crippen LogP contribution >= 0.6 is 0 Å². The van der Waals surface area contributed by atoms with Crippen molar-refractivity contribution in [1.82, 2.24) is 0 Å². The van der Waals surface area contributed by atoms with Crippen LogP contribution in [0.5, 0.6) is 0 Å². The minimum atomic E-state index is -1.70. The van der Waals surface area contributed by atoms with Crippen LogP contribution in [0.3, 0.4) is 0 Å². The number of allylic oxidation sites excluding steroid dienone is 2. The molecule has 0 amide bonds. The first-order chi connectivity index (χ1) is 25.5. The van der Waals surface area contributed by atoms with Crippen molar-refractivity contribution in [2.24, 2.45) is 45.3 Å². The number of rotatable bonds is 9. The summed E-state index contributed by atoms with van der Waals surface area (Å²) in [7, 11) is 0. The van der Waals surface area contributed by atoms with E-state index in [0.29, 0.717) is 32.1 Å². The Kier molecular flexibility index (Phi) is 12.2. The van der Waals surface area contributed by atoms with E-state index in [1.165, 1.54) is 12.5 Å². The molecule has 9 N–H and O–H groups in total. The lowest BCUT2D eigenvalue weighted by Crippen LogP contribution is -2.71. The van der Waals surface area contributed by atoms with Gasteiger partial charge in [0.25, 0.3) is 0 Å². The van der Waals surface area contributed by atoms with Gasteiger partial charge >= 0.3 is 0 Å². The van der Waals surface area contributed by atoms with Crippen LogP contribution in [0.25, 0.3) is 0 Å². The fraction of sp³-hybridized carbons (Fsp3) is 0.952. The Labute approximate surface area is 327 Å². The third-order valence-electron chi connectivity index (χ3n) is 16.5. The maximum Gasteiger partial charge on any atom is 0.187 e. The van der Waals surface area contributed by atoms with E-state index in [9.17, 15) is 46.0 Å². The number of fused-ring (bicyclic) bond motifs is 5. The van der Waals surface area contributed by atoms with Crippen LogP contribution in [0.15, 0.2) is 11.6 Å². The van der Waals surface area contributed by atoms with E-state index in [1.807, 2.05) is 20.8 Å². The summed E-state index contributed by atoms with van der Waals surface area (Å²) in [5.41, 5.74) is -1.71. The van der Waals surface area contributed by atoms with Gasteiger partial charge in [-0.2, -0.15) is 0 Å². The Morgan fingerprint density at radius 2 is 1.49 bits per heavy atom. The van der Waals surface area contributed by atoms with Crippen molar-refractivity contribution in [3.63, 3.8) is 0 Å². The molecule has 2 saturated heterocycles. The first-order valence-corrected chi connectivity index (χ1v) is 20.8. The molecule has 55 heavy (non-hydrogen) atoms. The van der Waals surface area contributed by atoms with Crippen molar-refractivity contribution in [2.45, 2.75) is 199 Å². The summed E-state index contributed by atoms with van der Waals surface area (Å²) in [5.74, 6) is -0.526. The Hall–Kier alpha value is -0.780. The van der Waals surface area contributed by atoms with Crippen molar-refractivity contribution >= 4 is 0 Å². The van der Waals surface area contributed by atoms with Gasteiger partial charge in [0.2, 0.25) is 0 Å². The van der Waals surface area contributed by atoms with Gasteiger partial charge in [0.05, 0.1) is 36.6 Å². The summed E-state index contributed by atoms with van der Waals surface area (Å²) >= 11 is 0. The van der Waals surface area contributed by atoms with Gasteiger partial charge in [0, 0.05) is 0 Å². The highest BCUT2D eigenvalue weighted by Gasteiger charge is 2.73. The zero-order valence-corrected chi connectivity index (χ0v) is 34.4. The molecule has 0 aromatic rings. The third kappa shape index (κ3) is 7.10. The van der Waals surface area contributed by atoms with Crippen molar-refractivity contribution in [3.8, 4) is 0 Å². The quantitative estimate of drug-likeness (QED) is 0.121. The summed E-state index contributed by atoms with van der Waals surface area (Å²) in [4.78, 5) is 0. The lowest BCUT2D eigenvalue weighted by Gasteiger charge is -2.72. The van der Waals surface area contributed by atoms with Gasteiger partial charge in [0.15, 0.2) is 12.6 Å². The van der Waals surface area contributed by atoms with Gasteiger partial charge in [0.1, 0.15) is 42.7 Å². The number of hydrogen-bond acceptors (Lipinski definition) is 13. The molecule has 0 aromatic heterocycles. The average molecular weight is 785 g/mol. The number of hydrogen-bond donors (Lipinski definition) is 9. The van der Waals surface area contributed by atoms with E-state index in [4.69, 9.17) is 18.9 Å². The van der Waals surface area contributed by atoms with E-state index in [-0.39, 0.29) is 23.7 Å². The predicted molar refractivity (Wildman–Crippen MR) is 201 cm³/mol. The molecule has 13 heteroatoms. The highest BCUT2D eigenvalue weighted by atomic mass is 16.8. The van der Waals surface area contributed by atoms with Crippen molar-refractivity contribution < 1.29 is 64.9 Å². The molecule has 13 nitrogen and oxygen atoms in total. The maximum absolute atomic E-state index is 12.3. The fourth-order valence-electron chi connectivity index (χ4n) is 13.3. The van der Waals surface area contributed by atoms with Crippen molar-refractivity contribution in [2.75, 3.05) is 6.61 Å². The van der Waals surface area contributed by atoms with Crippen molar-refractivity contribution in [1.29, 1.82) is 0 Å². The highest BCUT2D eigenvalue weighted by Crippen LogP contribution is 2.76. The maximum atomic E-state index is 12.3. The molecule has 0 aromatic carbocycles. The third-order valence-corrected chi connectivity index (χ3v) is 16.5. The minimum absolute atomic E-state index is 0.0411. The van der Waals surface area contributed by atoms with Crippen molar-refractivity contribution in [3.05, 3.63) is 11.6 Å². The van der Waals surface area contributed by atoms with E-state index in [0.717, 1.165) is 19.3 Å². The summed E-state index contributed by atoms with van der Waals surface area (Å²) in [6, 6.07) is 0. The smallest absolute Gasteiger partial charge is 0.187 e. The van der Waals surface area contributed by atoms with Crippen LogP contribution in [0.4, 0.5) is 0 Å². The van der Waals surface area contributed by atoms with Gasteiger partial charge in [-0.25, -0.2) is 0 Å². The average Bonchev–Trinajstić information content (AvgIpc) is 3.49. The SMILES string of the molecule is CC(C)=CCC[C@@](C)(O)[C@H]1CC[C@]2(C)[C@@H]1[C@H](O)C[C@@H]1[C@@]3(C)CC[C@H](O)C(C)(C)[C@@H]3[C@@H](O[C@@H]3O[C@H](CO)[C@@H](O)[C@H](O)[C@H]3O[C@@H]3O[C@@H](C)[C@H](O)[C@H](O)[C@H]3O)C[C@]12C. The summed E-state index contributed by atoms with van der Waals surface area (Å²) in [6.45, 7) is 17.8. The second-order valence-electron chi connectivity index (χ2n) is 20.3. The van der Waals surface area contributed by atoms with Gasteiger partial charge in [-0.15, -0.1) is 0 Å². The van der Waals surface area contributed by atoms with Crippen LogP contribution in [0, 0.1) is 45.3 Å². The van der Waals surface area contributed by atoms with Gasteiger partial charge in [-0.1, -0.05) is 46.3 Å². The molecule has 318 valence electrons. The molecule has 6 fully saturated rings. The van der Waals surface area contributed by atoms with E-state index in [2.05, 4.69) is 40.7 Å². The standard InChI is InChI=1S/C42H72O13/c1-20(2)11-10-14-42(9,51)22-12-16-40(7)28(22)23(44)17-26-39(6)15-13-27(45)38(4,5)35(39)24(18-41(26,40)8)53-37-34(32(49)30(47)25(19-43)54-37)55-36-33(50)31(48)29(46)21(3)52-36/h11,21-37,43-51H,10,12-19H2,1-9H3/t21-,22-,23+,24-,25+,26+,27-,28-,29-,30+,31-,32-,33+,34+,35-,36-,37+,39+,40+,41+,42+/m0/s1. The molecular weight excluding hydrogens is 712 g/mol. The second kappa shape index (κ2) is 15.4. The molecule has 2 heterocycles. The first-order valence-electron chi connectivity index (χ1n) is 20.8. The van der Waals surface area contributed by atoms with Crippen LogP contribution in [0.1, 0.15) is 114 Å². The molecule has 6 aliphatic rings.